The first-order chi connectivity index (χ1) is 11.1. The van der Waals surface area contributed by atoms with Gasteiger partial charge in [0.1, 0.15) is 0 Å². The quantitative estimate of drug-likeness (QED) is 0.699. The van der Waals surface area contributed by atoms with E-state index in [9.17, 15) is 0 Å². The van der Waals surface area contributed by atoms with Gasteiger partial charge in [0.15, 0.2) is 0 Å². The third-order valence-corrected chi connectivity index (χ3v) is 4.16. The summed E-state index contributed by atoms with van der Waals surface area (Å²) < 4.78 is 2.36. The molecule has 0 spiro atoms. The Kier molecular flexibility index (Phi) is 4.39. The first kappa shape index (κ1) is 15.6. The molecule has 2 aromatic carbocycles. The van der Waals surface area contributed by atoms with Crippen LogP contribution in [0.25, 0.3) is 22.0 Å². The summed E-state index contributed by atoms with van der Waals surface area (Å²) in [6.45, 7) is 6.19. The highest BCUT2D eigenvalue weighted by molar-refractivity contribution is 5.88. The Hall–Kier alpha value is -2.26. The zero-order chi connectivity index (χ0) is 16.4. The minimum absolute atomic E-state index is 0.604. The van der Waals surface area contributed by atoms with Crippen LogP contribution < -0.4 is 11.5 Å². The van der Waals surface area contributed by atoms with E-state index in [1.165, 1.54) is 22.0 Å². The van der Waals surface area contributed by atoms with E-state index in [0.29, 0.717) is 12.5 Å². The van der Waals surface area contributed by atoms with E-state index in [4.69, 9.17) is 11.5 Å². The number of rotatable bonds is 5. The van der Waals surface area contributed by atoms with Gasteiger partial charge in [-0.05, 0) is 53.8 Å². The number of hydrogen-bond donors (Lipinski definition) is 2. The van der Waals surface area contributed by atoms with Crippen LogP contribution in [0.4, 0.5) is 5.69 Å². The van der Waals surface area contributed by atoms with Gasteiger partial charge in [-0.1, -0.05) is 38.1 Å². The molecule has 4 N–H and O–H groups in total. The summed E-state index contributed by atoms with van der Waals surface area (Å²) >= 11 is 0. The van der Waals surface area contributed by atoms with Crippen LogP contribution in [0.2, 0.25) is 0 Å². The Balaban J connectivity index is 2.13. The predicted octanol–water partition coefficient (Wildman–Crippen LogP) is 4.05. The fraction of sp³-hybridized carbons (Fsp3) is 0.300. The Morgan fingerprint density at radius 3 is 2.52 bits per heavy atom. The lowest BCUT2D eigenvalue weighted by molar-refractivity contribution is 0.534. The minimum atomic E-state index is 0.604. The van der Waals surface area contributed by atoms with Crippen LogP contribution in [0.3, 0.4) is 0 Å². The number of benzene rings is 2. The largest absolute Gasteiger partial charge is 0.399 e. The maximum absolute atomic E-state index is 5.93. The zero-order valence-corrected chi connectivity index (χ0v) is 13.9. The van der Waals surface area contributed by atoms with Crippen molar-refractivity contribution in [2.45, 2.75) is 26.8 Å². The van der Waals surface area contributed by atoms with E-state index in [-0.39, 0.29) is 0 Å². The number of hydrogen-bond acceptors (Lipinski definition) is 2. The van der Waals surface area contributed by atoms with E-state index in [1.54, 1.807) is 0 Å². The number of aromatic nitrogens is 1. The normalized spacial score (nSPS) is 11.5. The molecule has 3 aromatic rings. The number of nitrogen functional groups attached to an aromatic ring is 1. The molecule has 3 rings (SSSR count). The van der Waals surface area contributed by atoms with Crippen molar-refractivity contribution in [3.05, 3.63) is 54.2 Å². The number of fused-ring (bicyclic) bond motifs is 1. The summed E-state index contributed by atoms with van der Waals surface area (Å²) in [6, 6.07) is 14.7. The van der Waals surface area contributed by atoms with Crippen LogP contribution in [0, 0.1) is 5.92 Å². The van der Waals surface area contributed by atoms with Gasteiger partial charge in [0.05, 0.1) is 0 Å². The Morgan fingerprint density at radius 2 is 1.83 bits per heavy atom. The molecular formula is C20H25N3. The molecule has 120 valence electrons. The number of nitrogens with two attached hydrogens (primary N) is 2. The van der Waals surface area contributed by atoms with Gasteiger partial charge in [-0.2, -0.15) is 0 Å². The molecule has 0 unspecified atom stereocenters. The van der Waals surface area contributed by atoms with Crippen molar-refractivity contribution in [1.29, 1.82) is 0 Å². The van der Waals surface area contributed by atoms with Crippen LogP contribution in [0.1, 0.15) is 19.4 Å². The molecule has 23 heavy (non-hydrogen) atoms. The lowest BCUT2D eigenvalue weighted by Gasteiger charge is -2.10. The zero-order valence-electron chi connectivity index (χ0n) is 13.9. The topological polar surface area (TPSA) is 57.0 Å². The van der Waals surface area contributed by atoms with Crippen molar-refractivity contribution in [2.24, 2.45) is 11.7 Å². The van der Waals surface area contributed by atoms with Gasteiger partial charge in [-0.15, -0.1) is 0 Å². The van der Waals surface area contributed by atoms with Crippen molar-refractivity contribution in [2.75, 3.05) is 12.3 Å². The molecule has 3 heteroatoms. The smallest absolute Gasteiger partial charge is 0.0489 e. The van der Waals surface area contributed by atoms with E-state index < -0.39 is 0 Å². The van der Waals surface area contributed by atoms with Crippen molar-refractivity contribution in [3.63, 3.8) is 0 Å². The standard InChI is InChI=1S/C20H25N3/c1-14(2)12-23-13-17(8-9-21)19-7-6-16(11-20(19)23)15-4-3-5-18(22)10-15/h3-7,10-11,13-14H,8-9,12,21-22H2,1-2H3. The van der Waals surface area contributed by atoms with Crippen LogP contribution in [-0.4, -0.2) is 11.1 Å². The maximum atomic E-state index is 5.93. The molecule has 0 aliphatic heterocycles. The third kappa shape index (κ3) is 3.25. The molecule has 0 amide bonds. The van der Waals surface area contributed by atoms with Crippen LogP contribution in [-0.2, 0) is 13.0 Å². The summed E-state index contributed by atoms with van der Waals surface area (Å²) in [6.07, 6.45) is 3.18. The van der Waals surface area contributed by atoms with Crippen LogP contribution in [0.15, 0.2) is 48.7 Å². The van der Waals surface area contributed by atoms with Gasteiger partial charge >= 0.3 is 0 Å². The molecule has 0 saturated carbocycles. The molecular weight excluding hydrogens is 282 g/mol. The summed E-state index contributed by atoms with van der Waals surface area (Å²) in [4.78, 5) is 0. The second-order valence-electron chi connectivity index (χ2n) is 6.60. The first-order valence-electron chi connectivity index (χ1n) is 8.26. The van der Waals surface area contributed by atoms with Gasteiger partial charge in [-0.25, -0.2) is 0 Å². The fourth-order valence-corrected chi connectivity index (χ4v) is 3.16. The molecule has 0 aliphatic carbocycles. The Labute approximate surface area is 137 Å². The lowest BCUT2D eigenvalue weighted by atomic mass is 10.0. The molecule has 0 atom stereocenters. The summed E-state index contributed by atoms with van der Waals surface area (Å²) in [5.74, 6) is 0.604. The van der Waals surface area contributed by atoms with Gasteiger partial charge in [0, 0.05) is 29.3 Å². The first-order valence-corrected chi connectivity index (χ1v) is 8.26. The molecule has 0 radical (unpaired) electrons. The molecule has 1 aromatic heterocycles. The van der Waals surface area contributed by atoms with E-state index in [2.05, 4.69) is 48.9 Å². The SMILES string of the molecule is CC(C)Cn1cc(CCN)c2ccc(-c3cccc(N)c3)cc21. The second kappa shape index (κ2) is 6.47. The fourth-order valence-electron chi connectivity index (χ4n) is 3.16. The average molecular weight is 307 g/mol. The minimum Gasteiger partial charge on any atom is -0.399 e. The number of anilines is 1. The summed E-state index contributed by atoms with van der Waals surface area (Å²) in [5, 5.41) is 1.31. The highest BCUT2D eigenvalue weighted by Gasteiger charge is 2.10. The van der Waals surface area contributed by atoms with Crippen molar-refractivity contribution in [3.8, 4) is 11.1 Å². The average Bonchev–Trinajstić information content (AvgIpc) is 2.84. The number of nitrogens with zero attached hydrogens (tertiary/aromatic N) is 1. The van der Waals surface area contributed by atoms with Crippen molar-refractivity contribution >= 4 is 16.6 Å². The molecule has 0 bridgehead atoms. The molecule has 0 saturated heterocycles. The van der Waals surface area contributed by atoms with E-state index in [1.807, 2.05) is 18.2 Å². The monoisotopic (exact) mass is 307 g/mol. The van der Waals surface area contributed by atoms with Crippen molar-refractivity contribution < 1.29 is 0 Å². The van der Waals surface area contributed by atoms with Crippen molar-refractivity contribution in [1.82, 2.24) is 4.57 Å². The predicted molar refractivity (Wildman–Crippen MR) is 99.4 cm³/mol. The third-order valence-electron chi connectivity index (χ3n) is 4.16. The van der Waals surface area contributed by atoms with Gasteiger partial charge < -0.3 is 16.0 Å². The van der Waals surface area contributed by atoms with E-state index >= 15 is 0 Å². The van der Waals surface area contributed by atoms with Gasteiger partial charge in [-0.3, -0.25) is 0 Å². The maximum Gasteiger partial charge on any atom is 0.0489 e. The molecule has 0 fully saturated rings. The van der Waals surface area contributed by atoms with Gasteiger partial charge in [0.25, 0.3) is 0 Å². The summed E-state index contributed by atoms with van der Waals surface area (Å²) in [5.41, 5.74) is 17.5. The summed E-state index contributed by atoms with van der Waals surface area (Å²) in [7, 11) is 0. The van der Waals surface area contributed by atoms with Crippen LogP contribution in [0.5, 0.6) is 0 Å². The van der Waals surface area contributed by atoms with Gasteiger partial charge in [0.2, 0.25) is 0 Å². The Morgan fingerprint density at radius 1 is 1.04 bits per heavy atom. The molecule has 1 heterocycles. The highest BCUT2D eigenvalue weighted by Crippen LogP contribution is 2.29. The Bertz CT molecular complexity index is 815. The van der Waals surface area contributed by atoms with E-state index in [0.717, 1.165) is 24.2 Å². The lowest BCUT2D eigenvalue weighted by Crippen LogP contribution is -2.04. The second-order valence-corrected chi connectivity index (χ2v) is 6.60. The highest BCUT2D eigenvalue weighted by atomic mass is 15.0. The van der Waals surface area contributed by atoms with Crippen LogP contribution >= 0.6 is 0 Å². The molecule has 0 aliphatic rings. The molecule has 3 nitrogen and oxygen atoms in total.